The number of nitrogen functional groups attached to an aromatic ring is 1. The van der Waals surface area contributed by atoms with Crippen molar-refractivity contribution in [2.45, 2.75) is 15.6 Å². The molecule has 0 aliphatic carbocycles. The van der Waals surface area contributed by atoms with Crippen LogP contribution in [0.25, 0.3) is 0 Å². The molecule has 0 saturated carbocycles. The van der Waals surface area contributed by atoms with Gasteiger partial charge in [-0.3, -0.25) is 0 Å². The van der Waals surface area contributed by atoms with Gasteiger partial charge < -0.3 is 5.73 Å². The molecule has 0 spiro atoms. The van der Waals surface area contributed by atoms with Crippen molar-refractivity contribution in [1.82, 2.24) is 4.72 Å². The fourth-order valence-corrected chi connectivity index (χ4v) is 4.18. The van der Waals surface area contributed by atoms with Crippen LogP contribution in [0.2, 0.25) is 0 Å². The first-order chi connectivity index (χ1) is 9.68. The summed E-state index contributed by atoms with van der Waals surface area (Å²) in [6, 6.07) is 7.00. The van der Waals surface area contributed by atoms with Crippen molar-refractivity contribution >= 4 is 37.1 Å². The first-order valence-electron chi connectivity index (χ1n) is 5.64. The molecule has 0 aliphatic rings. The van der Waals surface area contributed by atoms with Gasteiger partial charge >= 0.3 is 0 Å². The summed E-state index contributed by atoms with van der Waals surface area (Å²) in [5.41, 5.74) is 6.48. The highest BCUT2D eigenvalue weighted by Crippen LogP contribution is 2.21. The van der Waals surface area contributed by atoms with Crippen LogP contribution in [-0.2, 0) is 26.6 Å². The molecule has 0 radical (unpaired) electrons. The zero-order valence-corrected chi connectivity index (χ0v) is 13.1. The number of anilines is 1. The van der Waals surface area contributed by atoms with Gasteiger partial charge in [-0.2, -0.15) is 0 Å². The molecule has 0 amide bonds. The van der Waals surface area contributed by atoms with Gasteiger partial charge in [-0.15, -0.1) is 11.3 Å². The van der Waals surface area contributed by atoms with Crippen molar-refractivity contribution in [2.24, 2.45) is 5.14 Å². The number of benzene rings is 1. The van der Waals surface area contributed by atoms with E-state index < -0.39 is 20.0 Å². The third-order valence-corrected chi connectivity index (χ3v) is 6.37. The maximum Gasteiger partial charge on any atom is 0.250 e. The fraction of sp³-hybridized carbons (Fsp3) is 0.0909. The molecule has 0 bridgehead atoms. The van der Waals surface area contributed by atoms with Crippen molar-refractivity contribution in [3.8, 4) is 0 Å². The highest BCUT2D eigenvalue weighted by molar-refractivity contribution is 7.91. The Morgan fingerprint density at radius 3 is 2.19 bits per heavy atom. The molecule has 0 saturated heterocycles. The summed E-state index contributed by atoms with van der Waals surface area (Å²) < 4.78 is 48.7. The van der Waals surface area contributed by atoms with Crippen molar-refractivity contribution in [2.75, 3.05) is 5.73 Å². The highest BCUT2D eigenvalue weighted by atomic mass is 32.2. The zero-order valence-electron chi connectivity index (χ0n) is 10.7. The van der Waals surface area contributed by atoms with E-state index in [1.165, 1.54) is 35.7 Å². The van der Waals surface area contributed by atoms with Gasteiger partial charge in [0, 0.05) is 17.6 Å². The van der Waals surface area contributed by atoms with Crippen LogP contribution in [-0.4, -0.2) is 16.8 Å². The van der Waals surface area contributed by atoms with Crippen LogP contribution in [0.5, 0.6) is 0 Å². The molecular formula is C11H13N3O4S3. The SMILES string of the molecule is Nc1csc(S(=O)(=O)NCc2ccc(S(N)(=O)=O)cc2)c1. The number of hydrogen-bond donors (Lipinski definition) is 3. The Morgan fingerprint density at radius 1 is 1.10 bits per heavy atom. The Balaban J connectivity index is 2.10. The topological polar surface area (TPSA) is 132 Å². The number of nitrogens with two attached hydrogens (primary N) is 2. The van der Waals surface area contributed by atoms with Gasteiger partial charge in [-0.25, -0.2) is 26.7 Å². The van der Waals surface area contributed by atoms with Gasteiger partial charge in [0.2, 0.25) is 20.0 Å². The van der Waals surface area contributed by atoms with Crippen LogP contribution in [0.1, 0.15) is 5.56 Å². The number of hydrogen-bond acceptors (Lipinski definition) is 6. The van der Waals surface area contributed by atoms with Gasteiger partial charge in [0.25, 0.3) is 0 Å². The van der Waals surface area contributed by atoms with E-state index >= 15 is 0 Å². The largest absolute Gasteiger partial charge is 0.398 e. The third-order valence-electron chi connectivity index (χ3n) is 2.58. The lowest BCUT2D eigenvalue weighted by molar-refractivity contribution is 0.583. The summed E-state index contributed by atoms with van der Waals surface area (Å²) in [5.74, 6) is 0. The molecule has 1 aromatic carbocycles. The molecule has 1 heterocycles. The second-order valence-corrected chi connectivity index (χ2v) is 8.68. The molecule has 7 nitrogen and oxygen atoms in total. The predicted molar refractivity (Wildman–Crippen MR) is 80.6 cm³/mol. The van der Waals surface area contributed by atoms with E-state index in [-0.39, 0.29) is 15.6 Å². The fourth-order valence-electron chi connectivity index (χ4n) is 1.52. The summed E-state index contributed by atoms with van der Waals surface area (Å²) in [6.07, 6.45) is 0. The van der Waals surface area contributed by atoms with Gasteiger partial charge in [0.15, 0.2) is 0 Å². The highest BCUT2D eigenvalue weighted by Gasteiger charge is 2.16. The summed E-state index contributed by atoms with van der Waals surface area (Å²) in [6.45, 7) is 0.0328. The van der Waals surface area contributed by atoms with Crippen molar-refractivity contribution in [3.05, 3.63) is 41.3 Å². The Morgan fingerprint density at radius 2 is 1.71 bits per heavy atom. The summed E-state index contributed by atoms with van der Waals surface area (Å²) in [5, 5.41) is 6.52. The smallest absolute Gasteiger partial charge is 0.250 e. The molecule has 0 aliphatic heterocycles. The van der Waals surface area contributed by atoms with Gasteiger partial charge in [-0.1, -0.05) is 12.1 Å². The van der Waals surface area contributed by atoms with E-state index in [0.29, 0.717) is 11.3 Å². The van der Waals surface area contributed by atoms with Gasteiger partial charge in [0.05, 0.1) is 4.90 Å². The van der Waals surface area contributed by atoms with Crippen LogP contribution in [0.3, 0.4) is 0 Å². The monoisotopic (exact) mass is 347 g/mol. The van der Waals surface area contributed by atoms with E-state index in [4.69, 9.17) is 10.9 Å². The van der Waals surface area contributed by atoms with Crippen LogP contribution in [0.15, 0.2) is 44.8 Å². The molecule has 114 valence electrons. The third kappa shape index (κ3) is 4.02. The lowest BCUT2D eigenvalue weighted by Gasteiger charge is -2.05. The average molecular weight is 347 g/mol. The van der Waals surface area contributed by atoms with Crippen LogP contribution in [0, 0.1) is 0 Å². The Bertz CT molecular complexity index is 839. The minimum Gasteiger partial charge on any atom is -0.398 e. The Labute approximate surface area is 126 Å². The van der Waals surface area contributed by atoms with E-state index in [1.54, 1.807) is 0 Å². The summed E-state index contributed by atoms with van der Waals surface area (Å²) >= 11 is 1.03. The number of sulfonamides is 2. The second kappa shape index (κ2) is 5.73. The first-order valence-corrected chi connectivity index (χ1v) is 9.55. The Hall–Kier alpha value is -1.46. The molecule has 0 fully saturated rings. The molecule has 2 aromatic rings. The van der Waals surface area contributed by atoms with Crippen LogP contribution < -0.4 is 15.6 Å². The average Bonchev–Trinajstić information content (AvgIpc) is 2.83. The van der Waals surface area contributed by atoms with E-state index in [0.717, 1.165) is 11.3 Å². The number of primary sulfonamides is 1. The zero-order chi connectivity index (χ0) is 15.7. The standard InChI is InChI=1S/C11H13N3O4S3/c12-9-5-11(19-7-9)21(17,18)14-6-8-1-3-10(4-2-8)20(13,15)16/h1-5,7,14H,6,12H2,(H2,13,15,16). The van der Waals surface area contributed by atoms with E-state index in [1.807, 2.05) is 0 Å². The van der Waals surface area contributed by atoms with Crippen molar-refractivity contribution < 1.29 is 16.8 Å². The predicted octanol–water partition coefficient (Wildman–Crippen LogP) is 0.456. The second-order valence-electron chi connectivity index (χ2n) is 4.21. The lowest BCUT2D eigenvalue weighted by atomic mass is 10.2. The molecule has 21 heavy (non-hydrogen) atoms. The summed E-state index contributed by atoms with van der Waals surface area (Å²) in [7, 11) is -7.38. The van der Waals surface area contributed by atoms with Gasteiger partial charge in [-0.05, 0) is 23.8 Å². The molecule has 10 heteroatoms. The number of rotatable bonds is 5. The normalized spacial score (nSPS) is 12.4. The summed E-state index contributed by atoms with van der Waals surface area (Å²) in [4.78, 5) is -0.0277. The van der Waals surface area contributed by atoms with Crippen molar-refractivity contribution in [3.63, 3.8) is 0 Å². The van der Waals surface area contributed by atoms with Crippen LogP contribution >= 0.6 is 11.3 Å². The number of nitrogens with one attached hydrogen (secondary N) is 1. The number of thiophene rings is 1. The van der Waals surface area contributed by atoms with Crippen molar-refractivity contribution in [1.29, 1.82) is 0 Å². The quantitative estimate of drug-likeness (QED) is 0.722. The van der Waals surface area contributed by atoms with E-state index in [2.05, 4.69) is 4.72 Å². The molecule has 5 N–H and O–H groups in total. The van der Waals surface area contributed by atoms with Gasteiger partial charge in [0.1, 0.15) is 4.21 Å². The molecule has 0 atom stereocenters. The minimum absolute atomic E-state index is 0.0277. The van der Waals surface area contributed by atoms with Crippen LogP contribution in [0.4, 0.5) is 5.69 Å². The first kappa shape index (κ1) is 15.9. The molecule has 1 aromatic heterocycles. The maximum atomic E-state index is 12.0. The maximum absolute atomic E-state index is 12.0. The van der Waals surface area contributed by atoms with E-state index in [9.17, 15) is 16.8 Å². The lowest BCUT2D eigenvalue weighted by Crippen LogP contribution is -2.22. The minimum atomic E-state index is -3.75. The Kier molecular flexibility index (Phi) is 4.35. The molecule has 0 unspecified atom stereocenters. The molecular weight excluding hydrogens is 334 g/mol. The molecule has 2 rings (SSSR count).